The summed E-state index contributed by atoms with van der Waals surface area (Å²) in [7, 11) is 0. The Kier molecular flexibility index (Phi) is 4.92. The van der Waals surface area contributed by atoms with Crippen LogP contribution in [0.4, 0.5) is 5.69 Å². The van der Waals surface area contributed by atoms with Crippen molar-refractivity contribution < 1.29 is 9.53 Å². The van der Waals surface area contributed by atoms with Crippen LogP contribution in [0.15, 0.2) is 78.9 Å². The van der Waals surface area contributed by atoms with Crippen LogP contribution in [0.1, 0.15) is 22.8 Å². The Morgan fingerprint density at radius 1 is 0.875 bits per heavy atom. The van der Waals surface area contributed by atoms with Gasteiger partial charge in [-0.25, -0.2) is 0 Å². The van der Waals surface area contributed by atoms with E-state index >= 15 is 0 Å². The van der Waals surface area contributed by atoms with Gasteiger partial charge in [-0.3, -0.25) is 4.79 Å². The number of aryl methyl sites for hydroxylation is 1. The highest BCUT2D eigenvalue weighted by atomic mass is 16.5. The Morgan fingerprint density at radius 3 is 2.29 bits per heavy atom. The Balaban J connectivity index is 1.67. The minimum atomic E-state index is -0.130. The van der Waals surface area contributed by atoms with Gasteiger partial charge in [-0.05, 0) is 60.5 Å². The molecule has 0 radical (unpaired) electrons. The van der Waals surface area contributed by atoms with Crippen LogP contribution in [0.5, 0.6) is 11.5 Å². The fraction of sp³-hybridized carbons (Fsp3) is 0.0952. The van der Waals surface area contributed by atoms with Crippen molar-refractivity contribution in [3.8, 4) is 11.5 Å². The summed E-state index contributed by atoms with van der Waals surface area (Å²) in [6.45, 7) is 2.09. The lowest BCUT2D eigenvalue weighted by atomic mass is 10.1. The molecule has 3 heteroatoms. The minimum absolute atomic E-state index is 0.130. The molecular weight excluding hydrogens is 298 g/mol. The highest BCUT2D eigenvalue weighted by Crippen LogP contribution is 2.21. The fourth-order valence-electron chi connectivity index (χ4n) is 2.37. The molecule has 0 unspecified atom stereocenters. The molecule has 0 aliphatic carbocycles. The molecule has 0 aliphatic rings. The lowest BCUT2D eigenvalue weighted by Gasteiger charge is -2.08. The van der Waals surface area contributed by atoms with Gasteiger partial charge in [0, 0.05) is 11.3 Å². The molecule has 0 aromatic heterocycles. The van der Waals surface area contributed by atoms with E-state index in [2.05, 4.69) is 12.2 Å². The SMILES string of the molecule is CCc1cccc(NC(=O)c2ccc(Oc3ccccc3)cc2)c1. The van der Waals surface area contributed by atoms with E-state index < -0.39 is 0 Å². The van der Waals surface area contributed by atoms with Gasteiger partial charge in [-0.2, -0.15) is 0 Å². The lowest BCUT2D eigenvalue weighted by molar-refractivity contribution is 0.102. The molecule has 24 heavy (non-hydrogen) atoms. The maximum atomic E-state index is 12.3. The first-order valence-corrected chi connectivity index (χ1v) is 7.98. The standard InChI is InChI=1S/C21H19NO2/c1-2-16-7-6-8-18(15-16)22-21(23)17-11-13-20(14-12-17)24-19-9-4-3-5-10-19/h3-15H,2H2,1H3,(H,22,23). The molecule has 0 spiro atoms. The molecule has 0 aliphatic heterocycles. The van der Waals surface area contributed by atoms with Gasteiger partial charge in [0.15, 0.2) is 0 Å². The van der Waals surface area contributed by atoms with Crippen LogP contribution in [0.3, 0.4) is 0 Å². The van der Waals surface area contributed by atoms with E-state index in [1.165, 1.54) is 5.56 Å². The first-order valence-electron chi connectivity index (χ1n) is 7.98. The number of carbonyl (C=O) groups is 1. The zero-order valence-corrected chi connectivity index (χ0v) is 13.5. The summed E-state index contributed by atoms with van der Waals surface area (Å²) in [5, 5.41) is 2.92. The zero-order valence-electron chi connectivity index (χ0n) is 13.5. The average molecular weight is 317 g/mol. The number of hydrogen-bond donors (Lipinski definition) is 1. The number of anilines is 1. The van der Waals surface area contributed by atoms with Crippen molar-refractivity contribution in [1.29, 1.82) is 0 Å². The summed E-state index contributed by atoms with van der Waals surface area (Å²) in [6, 6.07) is 24.5. The van der Waals surface area contributed by atoms with E-state index in [9.17, 15) is 4.79 Å². The van der Waals surface area contributed by atoms with Crippen LogP contribution in [-0.4, -0.2) is 5.91 Å². The molecule has 0 atom stereocenters. The van der Waals surface area contributed by atoms with Crippen LogP contribution >= 0.6 is 0 Å². The Hall–Kier alpha value is -3.07. The normalized spacial score (nSPS) is 10.2. The largest absolute Gasteiger partial charge is 0.457 e. The number of rotatable bonds is 5. The lowest BCUT2D eigenvalue weighted by Crippen LogP contribution is -2.11. The number of ether oxygens (including phenoxy) is 1. The van der Waals surface area contributed by atoms with E-state index in [4.69, 9.17) is 4.74 Å². The summed E-state index contributed by atoms with van der Waals surface area (Å²) in [5.74, 6) is 1.34. The van der Waals surface area contributed by atoms with Crippen molar-refractivity contribution in [1.82, 2.24) is 0 Å². The quantitative estimate of drug-likeness (QED) is 0.694. The second-order valence-corrected chi connectivity index (χ2v) is 5.45. The number of benzene rings is 3. The molecule has 120 valence electrons. The molecule has 1 amide bonds. The zero-order chi connectivity index (χ0) is 16.8. The maximum Gasteiger partial charge on any atom is 0.255 e. The van der Waals surface area contributed by atoms with Crippen LogP contribution in [0.2, 0.25) is 0 Å². The molecule has 0 bridgehead atoms. The number of hydrogen-bond acceptors (Lipinski definition) is 2. The number of para-hydroxylation sites is 1. The van der Waals surface area contributed by atoms with Gasteiger partial charge < -0.3 is 10.1 Å². The Labute approximate surface area is 141 Å². The van der Waals surface area contributed by atoms with E-state index in [-0.39, 0.29) is 5.91 Å². The highest BCUT2D eigenvalue weighted by molar-refractivity contribution is 6.04. The van der Waals surface area contributed by atoms with E-state index in [0.717, 1.165) is 17.9 Å². The van der Waals surface area contributed by atoms with E-state index in [0.29, 0.717) is 11.3 Å². The second kappa shape index (κ2) is 7.47. The third-order valence-corrected chi connectivity index (χ3v) is 3.69. The monoisotopic (exact) mass is 317 g/mol. The minimum Gasteiger partial charge on any atom is -0.457 e. The molecular formula is C21H19NO2. The molecule has 0 saturated heterocycles. The van der Waals surface area contributed by atoms with E-state index in [1.807, 2.05) is 54.6 Å². The third kappa shape index (κ3) is 4.02. The first-order chi connectivity index (χ1) is 11.7. The molecule has 0 heterocycles. The van der Waals surface area contributed by atoms with Crippen molar-refractivity contribution in [3.63, 3.8) is 0 Å². The Bertz CT molecular complexity index is 811. The fourth-order valence-corrected chi connectivity index (χ4v) is 2.37. The second-order valence-electron chi connectivity index (χ2n) is 5.45. The average Bonchev–Trinajstić information content (AvgIpc) is 2.63. The van der Waals surface area contributed by atoms with Crippen LogP contribution < -0.4 is 10.1 Å². The van der Waals surface area contributed by atoms with Gasteiger partial charge in [-0.15, -0.1) is 0 Å². The smallest absolute Gasteiger partial charge is 0.255 e. The summed E-state index contributed by atoms with van der Waals surface area (Å²) in [5.41, 5.74) is 2.60. The van der Waals surface area contributed by atoms with Gasteiger partial charge in [0.1, 0.15) is 11.5 Å². The predicted molar refractivity (Wildman–Crippen MR) is 96.7 cm³/mol. The summed E-state index contributed by atoms with van der Waals surface area (Å²) >= 11 is 0. The number of carbonyl (C=O) groups excluding carboxylic acids is 1. The highest BCUT2D eigenvalue weighted by Gasteiger charge is 2.07. The maximum absolute atomic E-state index is 12.3. The van der Waals surface area contributed by atoms with Crippen LogP contribution in [0, 0.1) is 0 Å². The van der Waals surface area contributed by atoms with Crippen molar-refractivity contribution >= 4 is 11.6 Å². The van der Waals surface area contributed by atoms with Gasteiger partial charge in [0.05, 0.1) is 0 Å². The molecule has 0 saturated carbocycles. The molecule has 1 N–H and O–H groups in total. The van der Waals surface area contributed by atoms with Crippen molar-refractivity contribution in [2.75, 3.05) is 5.32 Å². The molecule has 3 aromatic carbocycles. The predicted octanol–water partition coefficient (Wildman–Crippen LogP) is 5.29. The van der Waals surface area contributed by atoms with Crippen molar-refractivity contribution in [2.45, 2.75) is 13.3 Å². The molecule has 3 nitrogen and oxygen atoms in total. The molecule has 3 aromatic rings. The number of amides is 1. The van der Waals surface area contributed by atoms with Crippen molar-refractivity contribution in [2.24, 2.45) is 0 Å². The molecule has 3 rings (SSSR count). The van der Waals surface area contributed by atoms with Gasteiger partial charge in [0.2, 0.25) is 0 Å². The summed E-state index contributed by atoms with van der Waals surface area (Å²) in [6.07, 6.45) is 0.940. The Morgan fingerprint density at radius 2 is 1.58 bits per heavy atom. The molecule has 0 fully saturated rings. The third-order valence-electron chi connectivity index (χ3n) is 3.69. The number of nitrogens with one attached hydrogen (secondary N) is 1. The van der Waals surface area contributed by atoms with Crippen LogP contribution in [-0.2, 0) is 6.42 Å². The topological polar surface area (TPSA) is 38.3 Å². The van der Waals surface area contributed by atoms with Gasteiger partial charge in [0.25, 0.3) is 5.91 Å². The summed E-state index contributed by atoms with van der Waals surface area (Å²) in [4.78, 5) is 12.3. The van der Waals surface area contributed by atoms with Gasteiger partial charge >= 0.3 is 0 Å². The van der Waals surface area contributed by atoms with Crippen molar-refractivity contribution in [3.05, 3.63) is 90.0 Å². The van der Waals surface area contributed by atoms with E-state index in [1.54, 1.807) is 24.3 Å². The van der Waals surface area contributed by atoms with Crippen LogP contribution in [0.25, 0.3) is 0 Å². The van der Waals surface area contributed by atoms with Gasteiger partial charge in [-0.1, -0.05) is 37.3 Å². The summed E-state index contributed by atoms with van der Waals surface area (Å²) < 4.78 is 5.73. The first kappa shape index (κ1) is 15.8.